The van der Waals surface area contributed by atoms with E-state index >= 15 is 0 Å². The lowest BCUT2D eigenvalue weighted by molar-refractivity contribution is -0.152. The second-order valence-electron chi connectivity index (χ2n) is 6.32. The van der Waals surface area contributed by atoms with Crippen molar-refractivity contribution in [3.8, 4) is 0 Å². The van der Waals surface area contributed by atoms with Crippen LogP contribution in [0.25, 0.3) is 0 Å². The van der Waals surface area contributed by atoms with Crippen LogP contribution in [-0.4, -0.2) is 17.4 Å². The maximum absolute atomic E-state index is 11.6. The van der Waals surface area contributed by atoms with Gasteiger partial charge in [0.1, 0.15) is 0 Å². The molecule has 1 aliphatic heterocycles. The third kappa shape index (κ3) is 1.55. The number of cyclic esters (lactones) is 1. The standard InChI is InChI=1S/C14H20O3/c1-14(2)7-3-4-8-10(14)6-5-9-11(8)13(16)17-12(9)15/h8,10,13,16H,3-7H2,1-2H3. The second-order valence-corrected chi connectivity index (χ2v) is 6.32. The number of carbonyl (C=O) groups is 1. The van der Waals surface area contributed by atoms with Gasteiger partial charge < -0.3 is 9.84 Å². The first-order valence-electron chi connectivity index (χ1n) is 6.63. The summed E-state index contributed by atoms with van der Waals surface area (Å²) in [6.07, 6.45) is 4.43. The Balaban J connectivity index is 1.99. The van der Waals surface area contributed by atoms with Gasteiger partial charge in [0.15, 0.2) is 0 Å². The van der Waals surface area contributed by atoms with Crippen LogP contribution in [0.5, 0.6) is 0 Å². The van der Waals surface area contributed by atoms with E-state index in [-0.39, 0.29) is 5.97 Å². The summed E-state index contributed by atoms with van der Waals surface area (Å²) in [4.78, 5) is 11.6. The summed E-state index contributed by atoms with van der Waals surface area (Å²) in [5, 5.41) is 9.90. The molecule has 17 heavy (non-hydrogen) atoms. The van der Waals surface area contributed by atoms with Crippen LogP contribution in [0.1, 0.15) is 46.0 Å². The maximum atomic E-state index is 11.6. The van der Waals surface area contributed by atoms with Crippen molar-refractivity contribution >= 4 is 5.97 Å². The molecule has 0 aromatic heterocycles. The molecular formula is C14H20O3. The van der Waals surface area contributed by atoms with E-state index in [0.29, 0.717) is 17.3 Å². The summed E-state index contributed by atoms with van der Waals surface area (Å²) in [6, 6.07) is 0. The Bertz CT molecular complexity index is 394. The predicted molar refractivity (Wildman–Crippen MR) is 63.0 cm³/mol. The van der Waals surface area contributed by atoms with E-state index in [9.17, 15) is 9.90 Å². The lowest BCUT2D eigenvalue weighted by Gasteiger charge is -2.47. The van der Waals surface area contributed by atoms with Crippen LogP contribution in [0.3, 0.4) is 0 Å². The monoisotopic (exact) mass is 236 g/mol. The molecule has 3 rings (SSSR count). The summed E-state index contributed by atoms with van der Waals surface area (Å²) in [5.41, 5.74) is 2.02. The van der Waals surface area contributed by atoms with E-state index < -0.39 is 6.29 Å². The van der Waals surface area contributed by atoms with Gasteiger partial charge in [-0.3, -0.25) is 0 Å². The van der Waals surface area contributed by atoms with Crippen LogP contribution in [0, 0.1) is 17.3 Å². The van der Waals surface area contributed by atoms with E-state index in [1.54, 1.807) is 0 Å². The van der Waals surface area contributed by atoms with Crippen LogP contribution >= 0.6 is 0 Å². The molecule has 0 spiro atoms. The number of ether oxygens (including phenoxy) is 1. The van der Waals surface area contributed by atoms with Gasteiger partial charge in [0, 0.05) is 11.1 Å². The molecule has 94 valence electrons. The Morgan fingerprint density at radius 1 is 1.35 bits per heavy atom. The number of hydrogen-bond acceptors (Lipinski definition) is 3. The molecule has 3 aliphatic rings. The van der Waals surface area contributed by atoms with Crippen molar-refractivity contribution in [1.82, 2.24) is 0 Å². The van der Waals surface area contributed by atoms with Crippen molar-refractivity contribution in [2.75, 3.05) is 0 Å². The average Bonchev–Trinajstić information content (AvgIpc) is 2.54. The Morgan fingerprint density at radius 2 is 2.12 bits per heavy atom. The highest BCUT2D eigenvalue weighted by atomic mass is 16.6. The molecule has 1 fully saturated rings. The first-order chi connectivity index (χ1) is 8.00. The fourth-order valence-corrected chi connectivity index (χ4v) is 4.13. The highest BCUT2D eigenvalue weighted by molar-refractivity contribution is 5.92. The van der Waals surface area contributed by atoms with Crippen LogP contribution in [0.4, 0.5) is 0 Å². The minimum atomic E-state index is -0.959. The summed E-state index contributed by atoms with van der Waals surface area (Å²) >= 11 is 0. The topological polar surface area (TPSA) is 46.5 Å². The second kappa shape index (κ2) is 3.58. The first-order valence-corrected chi connectivity index (χ1v) is 6.63. The number of carbonyl (C=O) groups excluding carboxylic acids is 1. The van der Waals surface area contributed by atoms with E-state index in [1.807, 2.05) is 0 Å². The van der Waals surface area contributed by atoms with Crippen LogP contribution in [0.15, 0.2) is 11.1 Å². The molecule has 0 radical (unpaired) electrons. The molecule has 0 aromatic rings. The molecule has 1 saturated carbocycles. The van der Waals surface area contributed by atoms with Gasteiger partial charge in [-0.05, 0) is 42.9 Å². The highest BCUT2D eigenvalue weighted by Crippen LogP contribution is 2.54. The molecule has 3 unspecified atom stereocenters. The first kappa shape index (κ1) is 11.3. The molecule has 3 nitrogen and oxygen atoms in total. The molecule has 0 aromatic carbocycles. The number of aliphatic hydroxyl groups is 1. The molecule has 3 heteroatoms. The third-order valence-corrected chi connectivity index (χ3v) is 5.01. The van der Waals surface area contributed by atoms with Gasteiger partial charge in [-0.15, -0.1) is 0 Å². The maximum Gasteiger partial charge on any atom is 0.336 e. The predicted octanol–water partition coefficient (Wildman–Crippen LogP) is 2.39. The zero-order valence-corrected chi connectivity index (χ0v) is 10.5. The van der Waals surface area contributed by atoms with E-state index in [4.69, 9.17) is 4.74 Å². The van der Waals surface area contributed by atoms with E-state index in [0.717, 1.165) is 30.4 Å². The lowest BCUT2D eigenvalue weighted by atomic mass is 9.57. The fourth-order valence-electron chi connectivity index (χ4n) is 4.13. The summed E-state index contributed by atoms with van der Waals surface area (Å²) in [6.45, 7) is 4.64. The Kier molecular flexibility index (Phi) is 2.37. The molecule has 3 atom stereocenters. The molecule has 1 N–H and O–H groups in total. The number of fused-ring (bicyclic) bond motifs is 2. The molecule has 2 aliphatic carbocycles. The number of aliphatic hydroxyl groups excluding tert-OH is 1. The SMILES string of the molecule is CC1(C)CCCC2C3=C(CCC21)C(=O)OC3O. The third-order valence-electron chi connectivity index (χ3n) is 5.01. The van der Waals surface area contributed by atoms with Crippen molar-refractivity contribution < 1.29 is 14.6 Å². The lowest BCUT2D eigenvalue weighted by Crippen LogP contribution is -2.39. The van der Waals surface area contributed by atoms with Crippen molar-refractivity contribution in [2.45, 2.75) is 52.2 Å². The number of esters is 1. The van der Waals surface area contributed by atoms with Crippen molar-refractivity contribution in [3.05, 3.63) is 11.1 Å². The number of rotatable bonds is 0. The van der Waals surface area contributed by atoms with Crippen molar-refractivity contribution in [1.29, 1.82) is 0 Å². The summed E-state index contributed by atoms with van der Waals surface area (Å²) in [7, 11) is 0. The van der Waals surface area contributed by atoms with Gasteiger partial charge in [-0.25, -0.2) is 4.79 Å². The molecular weight excluding hydrogens is 216 g/mol. The molecule has 0 bridgehead atoms. The van der Waals surface area contributed by atoms with Crippen LogP contribution in [0.2, 0.25) is 0 Å². The van der Waals surface area contributed by atoms with Gasteiger partial charge in [0.2, 0.25) is 6.29 Å². The Labute approximate surface area is 102 Å². The van der Waals surface area contributed by atoms with Crippen molar-refractivity contribution in [2.24, 2.45) is 17.3 Å². The van der Waals surface area contributed by atoms with Gasteiger partial charge in [0.25, 0.3) is 0 Å². The zero-order valence-electron chi connectivity index (χ0n) is 10.5. The smallest absolute Gasteiger partial charge is 0.336 e. The highest BCUT2D eigenvalue weighted by Gasteiger charge is 2.48. The van der Waals surface area contributed by atoms with Crippen LogP contribution < -0.4 is 0 Å². The Hall–Kier alpha value is -0.830. The normalized spacial score (nSPS) is 39.7. The van der Waals surface area contributed by atoms with E-state index in [2.05, 4.69) is 13.8 Å². The molecule has 0 amide bonds. The van der Waals surface area contributed by atoms with Gasteiger partial charge in [-0.1, -0.05) is 20.3 Å². The average molecular weight is 236 g/mol. The summed E-state index contributed by atoms with van der Waals surface area (Å²) < 4.78 is 4.97. The van der Waals surface area contributed by atoms with E-state index in [1.165, 1.54) is 12.8 Å². The molecule has 1 heterocycles. The van der Waals surface area contributed by atoms with Gasteiger partial charge in [0.05, 0.1) is 0 Å². The minimum absolute atomic E-state index is 0.283. The van der Waals surface area contributed by atoms with Crippen molar-refractivity contribution in [3.63, 3.8) is 0 Å². The minimum Gasteiger partial charge on any atom is -0.428 e. The quantitative estimate of drug-likeness (QED) is 0.657. The molecule has 0 saturated heterocycles. The number of hydrogen-bond donors (Lipinski definition) is 1. The zero-order chi connectivity index (χ0) is 12.2. The Morgan fingerprint density at radius 3 is 2.88 bits per heavy atom. The fraction of sp³-hybridized carbons (Fsp3) is 0.786. The van der Waals surface area contributed by atoms with Gasteiger partial charge in [-0.2, -0.15) is 0 Å². The largest absolute Gasteiger partial charge is 0.428 e. The van der Waals surface area contributed by atoms with Gasteiger partial charge >= 0.3 is 5.97 Å². The summed E-state index contributed by atoms with van der Waals surface area (Å²) in [5.74, 6) is 0.678. The van der Waals surface area contributed by atoms with Crippen LogP contribution in [-0.2, 0) is 9.53 Å².